The molecule has 1 fully saturated rings. The minimum Gasteiger partial charge on any atom is -0.369 e. The largest absolute Gasteiger partial charge is 0.369 e. The van der Waals surface area contributed by atoms with Gasteiger partial charge in [-0.3, -0.25) is 4.90 Å². The molecule has 0 amide bonds. The molecule has 3 aromatic rings. The van der Waals surface area contributed by atoms with E-state index in [-0.39, 0.29) is 17.7 Å². The Bertz CT molecular complexity index is 947. The van der Waals surface area contributed by atoms with Crippen molar-refractivity contribution < 1.29 is 8.78 Å². The molecule has 8 heteroatoms. The third-order valence-electron chi connectivity index (χ3n) is 5.60. The minimum absolute atomic E-state index is 0.0795. The van der Waals surface area contributed by atoms with Crippen LogP contribution in [0.2, 0.25) is 0 Å². The SMILES string of the molecule is CC(C)[C@H](c1nnnn1Cc1ccc(F)cc1)N1CCN(c2ccc(F)cc2)CC1. The lowest BCUT2D eigenvalue weighted by Gasteiger charge is -2.41. The topological polar surface area (TPSA) is 50.1 Å². The number of nitrogens with zero attached hydrogens (tertiary/aromatic N) is 6. The Morgan fingerprint density at radius 2 is 1.47 bits per heavy atom. The van der Waals surface area contributed by atoms with Gasteiger partial charge in [0.1, 0.15) is 11.6 Å². The summed E-state index contributed by atoms with van der Waals surface area (Å²) in [6.45, 7) is 8.29. The van der Waals surface area contributed by atoms with Crippen molar-refractivity contribution in [3.63, 3.8) is 0 Å². The van der Waals surface area contributed by atoms with Gasteiger partial charge in [-0.15, -0.1) is 5.10 Å². The van der Waals surface area contributed by atoms with E-state index in [4.69, 9.17) is 0 Å². The van der Waals surface area contributed by atoms with Gasteiger partial charge in [-0.1, -0.05) is 26.0 Å². The molecular formula is C22H26F2N6. The summed E-state index contributed by atoms with van der Waals surface area (Å²) in [6, 6.07) is 13.2. The molecule has 0 N–H and O–H groups in total. The Labute approximate surface area is 175 Å². The van der Waals surface area contributed by atoms with E-state index in [1.165, 1.54) is 24.3 Å². The number of hydrogen-bond donors (Lipinski definition) is 0. The molecule has 2 aromatic carbocycles. The number of hydrogen-bond acceptors (Lipinski definition) is 5. The summed E-state index contributed by atoms with van der Waals surface area (Å²) in [7, 11) is 0. The van der Waals surface area contributed by atoms with Gasteiger partial charge in [0.2, 0.25) is 0 Å². The molecule has 0 radical (unpaired) electrons. The fraction of sp³-hybridized carbons (Fsp3) is 0.409. The van der Waals surface area contributed by atoms with Gasteiger partial charge in [0, 0.05) is 31.9 Å². The standard InChI is InChI=1S/C22H26F2N6/c1-16(2)21(22-25-26-27-30(22)15-17-3-5-18(23)6-4-17)29-13-11-28(12-14-29)20-9-7-19(24)8-10-20/h3-10,16,21H,11-15H2,1-2H3/t21-/m1/s1. The molecule has 0 bridgehead atoms. The second-order valence-electron chi connectivity index (χ2n) is 8.01. The summed E-state index contributed by atoms with van der Waals surface area (Å²) >= 11 is 0. The first-order chi connectivity index (χ1) is 14.5. The first-order valence-electron chi connectivity index (χ1n) is 10.3. The van der Waals surface area contributed by atoms with Crippen LogP contribution in [-0.4, -0.2) is 51.3 Å². The Kier molecular flexibility index (Phi) is 6.03. The van der Waals surface area contributed by atoms with Gasteiger partial charge >= 0.3 is 0 Å². The quantitative estimate of drug-likeness (QED) is 0.620. The van der Waals surface area contributed by atoms with Crippen molar-refractivity contribution in [2.24, 2.45) is 5.92 Å². The number of anilines is 1. The maximum Gasteiger partial charge on any atom is 0.169 e. The minimum atomic E-state index is -0.255. The van der Waals surface area contributed by atoms with E-state index in [1.807, 2.05) is 16.8 Å². The van der Waals surface area contributed by atoms with Gasteiger partial charge in [-0.05, 0) is 58.3 Å². The summed E-state index contributed by atoms with van der Waals surface area (Å²) in [5.41, 5.74) is 1.99. The Morgan fingerprint density at radius 1 is 0.867 bits per heavy atom. The number of rotatable bonds is 6. The van der Waals surface area contributed by atoms with Gasteiger partial charge < -0.3 is 4.90 Å². The molecule has 4 rings (SSSR count). The first-order valence-corrected chi connectivity index (χ1v) is 10.3. The van der Waals surface area contributed by atoms with E-state index < -0.39 is 0 Å². The van der Waals surface area contributed by atoms with Crippen LogP contribution in [0.25, 0.3) is 0 Å². The molecule has 0 aliphatic carbocycles. The molecule has 1 saturated heterocycles. The van der Waals surface area contributed by atoms with Gasteiger partial charge in [0.25, 0.3) is 0 Å². The fourth-order valence-electron chi connectivity index (χ4n) is 4.09. The predicted octanol–water partition coefficient (Wildman–Crippen LogP) is 3.52. The summed E-state index contributed by atoms with van der Waals surface area (Å²) in [6.07, 6.45) is 0. The highest BCUT2D eigenvalue weighted by molar-refractivity contribution is 5.46. The van der Waals surface area contributed by atoms with Crippen molar-refractivity contribution in [3.05, 3.63) is 71.6 Å². The Balaban J connectivity index is 1.48. The zero-order valence-corrected chi connectivity index (χ0v) is 17.2. The summed E-state index contributed by atoms with van der Waals surface area (Å²) in [4.78, 5) is 4.69. The van der Waals surface area contributed by atoms with Crippen LogP contribution in [-0.2, 0) is 6.54 Å². The van der Waals surface area contributed by atoms with Crippen LogP contribution >= 0.6 is 0 Å². The highest BCUT2D eigenvalue weighted by Gasteiger charge is 2.31. The van der Waals surface area contributed by atoms with Crippen LogP contribution in [0.15, 0.2) is 48.5 Å². The molecular weight excluding hydrogens is 386 g/mol. The third-order valence-corrected chi connectivity index (χ3v) is 5.60. The molecule has 6 nitrogen and oxygen atoms in total. The predicted molar refractivity (Wildman–Crippen MR) is 111 cm³/mol. The van der Waals surface area contributed by atoms with Crippen molar-refractivity contribution >= 4 is 5.69 Å². The van der Waals surface area contributed by atoms with Crippen LogP contribution < -0.4 is 4.90 Å². The van der Waals surface area contributed by atoms with E-state index in [0.717, 1.165) is 43.3 Å². The number of tetrazole rings is 1. The van der Waals surface area contributed by atoms with Gasteiger partial charge in [-0.2, -0.15) is 0 Å². The number of halogens is 2. The molecule has 2 heterocycles. The van der Waals surface area contributed by atoms with E-state index in [2.05, 4.69) is 39.2 Å². The molecule has 1 aliphatic rings. The van der Waals surface area contributed by atoms with E-state index in [1.54, 1.807) is 12.1 Å². The van der Waals surface area contributed by atoms with Gasteiger partial charge in [0.15, 0.2) is 5.82 Å². The highest BCUT2D eigenvalue weighted by atomic mass is 19.1. The van der Waals surface area contributed by atoms with Crippen LogP contribution in [0.1, 0.15) is 31.3 Å². The third kappa shape index (κ3) is 4.48. The van der Waals surface area contributed by atoms with Crippen LogP contribution in [0.3, 0.4) is 0 Å². The van der Waals surface area contributed by atoms with Crippen LogP contribution in [0, 0.1) is 17.6 Å². The van der Waals surface area contributed by atoms with Gasteiger partial charge in [0.05, 0.1) is 12.6 Å². The molecule has 1 aliphatic heterocycles. The van der Waals surface area contributed by atoms with Gasteiger partial charge in [-0.25, -0.2) is 13.5 Å². The molecule has 30 heavy (non-hydrogen) atoms. The van der Waals surface area contributed by atoms with Crippen LogP contribution in [0.5, 0.6) is 0 Å². The lowest BCUT2D eigenvalue weighted by atomic mass is 10.0. The van der Waals surface area contributed by atoms with Crippen molar-refractivity contribution in [1.29, 1.82) is 0 Å². The molecule has 1 aromatic heterocycles. The zero-order valence-electron chi connectivity index (χ0n) is 17.2. The van der Waals surface area contributed by atoms with Crippen molar-refractivity contribution in [3.8, 4) is 0 Å². The highest BCUT2D eigenvalue weighted by Crippen LogP contribution is 2.29. The molecule has 158 valence electrons. The molecule has 0 unspecified atom stereocenters. The lowest BCUT2D eigenvalue weighted by Crippen LogP contribution is -2.49. The number of aromatic nitrogens is 4. The summed E-state index contributed by atoms with van der Waals surface area (Å²) in [5.74, 6) is 0.671. The average Bonchev–Trinajstić information content (AvgIpc) is 3.18. The van der Waals surface area contributed by atoms with E-state index in [0.29, 0.717) is 12.5 Å². The van der Waals surface area contributed by atoms with E-state index in [9.17, 15) is 8.78 Å². The van der Waals surface area contributed by atoms with E-state index >= 15 is 0 Å². The second-order valence-corrected chi connectivity index (χ2v) is 8.01. The lowest BCUT2D eigenvalue weighted by molar-refractivity contribution is 0.135. The maximum absolute atomic E-state index is 13.2. The fourth-order valence-corrected chi connectivity index (χ4v) is 4.09. The monoisotopic (exact) mass is 412 g/mol. The smallest absolute Gasteiger partial charge is 0.169 e. The second kappa shape index (κ2) is 8.87. The van der Waals surface area contributed by atoms with Crippen LogP contribution in [0.4, 0.5) is 14.5 Å². The van der Waals surface area contributed by atoms with Crippen molar-refractivity contribution in [1.82, 2.24) is 25.1 Å². The Hall–Kier alpha value is -2.87. The maximum atomic E-state index is 13.2. The molecule has 1 atom stereocenters. The number of piperazine rings is 1. The normalized spacial score (nSPS) is 16.2. The molecule has 0 spiro atoms. The average molecular weight is 412 g/mol. The first kappa shape index (κ1) is 20.4. The summed E-state index contributed by atoms with van der Waals surface area (Å²) in [5, 5.41) is 12.5. The molecule has 0 saturated carbocycles. The Morgan fingerprint density at radius 3 is 2.07 bits per heavy atom. The summed E-state index contributed by atoms with van der Waals surface area (Å²) < 4.78 is 28.2. The van der Waals surface area contributed by atoms with Crippen molar-refractivity contribution in [2.75, 3.05) is 31.1 Å². The number of benzene rings is 2. The zero-order chi connectivity index (χ0) is 21.1. The van der Waals surface area contributed by atoms with Crippen molar-refractivity contribution in [2.45, 2.75) is 26.4 Å².